The molecule has 20 heavy (non-hydrogen) atoms. The number of benzene rings is 1. The molecule has 0 amide bonds. The van der Waals surface area contributed by atoms with E-state index in [4.69, 9.17) is 16.0 Å². The molecule has 3 heteroatoms. The molecule has 3 unspecified atom stereocenters. The number of hydrogen-bond donors (Lipinski definition) is 1. The predicted octanol–water partition coefficient (Wildman–Crippen LogP) is 4.61. The lowest BCUT2D eigenvalue weighted by Crippen LogP contribution is -2.26. The van der Waals surface area contributed by atoms with Gasteiger partial charge in [0.05, 0.1) is 0 Å². The molecule has 1 aromatic carbocycles. The average molecular weight is 290 g/mol. The molecule has 1 heterocycles. The maximum absolute atomic E-state index is 6.22. The molecule has 1 N–H and O–H groups in total. The van der Waals surface area contributed by atoms with Crippen LogP contribution in [-0.2, 0) is 6.54 Å². The van der Waals surface area contributed by atoms with Crippen LogP contribution in [0.3, 0.4) is 0 Å². The smallest absolute Gasteiger partial charge is 0.199 e. The third-order valence-electron chi connectivity index (χ3n) is 5.24. The van der Waals surface area contributed by atoms with Gasteiger partial charge in [-0.3, -0.25) is 0 Å². The van der Waals surface area contributed by atoms with Gasteiger partial charge in [-0.1, -0.05) is 24.6 Å². The summed E-state index contributed by atoms with van der Waals surface area (Å²) in [5, 5.41) is 5.27. The summed E-state index contributed by atoms with van der Waals surface area (Å²) in [6, 6.07) is 8.07. The minimum atomic E-state index is 0.534. The molecule has 2 fully saturated rings. The normalized spacial score (nSPS) is 28.6. The largest absolute Gasteiger partial charge is 0.444 e. The van der Waals surface area contributed by atoms with Crippen LogP contribution in [0, 0.1) is 17.8 Å². The molecule has 2 saturated carbocycles. The SMILES string of the molecule is Clc1oc2ccccc2c1CNCC1CC2CCC1C2. The molecule has 0 aliphatic heterocycles. The van der Waals surface area contributed by atoms with Gasteiger partial charge in [-0.25, -0.2) is 0 Å². The molecule has 2 bridgehead atoms. The van der Waals surface area contributed by atoms with E-state index in [1.807, 2.05) is 18.2 Å². The number of fused-ring (bicyclic) bond motifs is 3. The second-order valence-corrected chi connectivity index (χ2v) is 6.76. The van der Waals surface area contributed by atoms with Gasteiger partial charge < -0.3 is 9.73 Å². The fraction of sp³-hybridized carbons (Fsp3) is 0.529. The van der Waals surface area contributed by atoms with Crippen LogP contribution in [0.15, 0.2) is 28.7 Å². The van der Waals surface area contributed by atoms with Crippen molar-refractivity contribution < 1.29 is 4.42 Å². The molecule has 0 spiro atoms. The van der Waals surface area contributed by atoms with E-state index in [9.17, 15) is 0 Å². The van der Waals surface area contributed by atoms with E-state index in [0.717, 1.165) is 47.4 Å². The van der Waals surface area contributed by atoms with Crippen molar-refractivity contribution in [2.24, 2.45) is 17.8 Å². The zero-order valence-electron chi connectivity index (χ0n) is 11.6. The van der Waals surface area contributed by atoms with Crippen molar-refractivity contribution in [1.29, 1.82) is 0 Å². The van der Waals surface area contributed by atoms with E-state index in [2.05, 4.69) is 11.4 Å². The van der Waals surface area contributed by atoms with Gasteiger partial charge in [0.2, 0.25) is 0 Å². The molecule has 3 atom stereocenters. The third kappa shape index (κ3) is 2.15. The van der Waals surface area contributed by atoms with Crippen LogP contribution in [0.25, 0.3) is 11.0 Å². The van der Waals surface area contributed by atoms with E-state index in [-0.39, 0.29) is 0 Å². The summed E-state index contributed by atoms with van der Waals surface area (Å²) in [6.07, 6.45) is 5.82. The fourth-order valence-corrected chi connectivity index (χ4v) is 4.49. The second kappa shape index (κ2) is 5.09. The maximum Gasteiger partial charge on any atom is 0.199 e. The van der Waals surface area contributed by atoms with Gasteiger partial charge in [0.1, 0.15) is 5.58 Å². The van der Waals surface area contributed by atoms with Crippen LogP contribution in [0.4, 0.5) is 0 Å². The lowest BCUT2D eigenvalue weighted by atomic mass is 9.89. The zero-order valence-corrected chi connectivity index (χ0v) is 12.3. The summed E-state index contributed by atoms with van der Waals surface area (Å²) in [5.41, 5.74) is 1.99. The summed E-state index contributed by atoms with van der Waals surface area (Å²) < 4.78 is 5.60. The Kier molecular flexibility index (Phi) is 3.24. The first-order valence-electron chi connectivity index (χ1n) is 7.68. The second-order valence-electron chi connectivity index (χ2n) is 6.42. The highest BCUT2D eigenvalue weighted by molar-refractivity contribution is 6.30. The van der Waals surface area contributed by atoms with Gasteiger partial charge >= 0.3 is 0 Å². The zero-order chi connectivity index (χ0) is 13.5. The van der Waals surface area contributed by atoms with E-state index < -0.39 is 0 Å². The number of rotatable bonds is 4. The minimum absolute atomic E-state index is 0.534. The Morgan fingerprint density at radius 1 is 1.20 bits per heavy atom. The number of furan rings is 1. The molecule has 106 valence electrons. The first-order chi connectivity index (χ1) is 9.81. The topological polar surface area (TPSA) is 25.2 Å². The lowest BCUT2D eigenvalue weighted by molar-refractivity contribution is 0.318. The number of para-hydroxylation sites is 1. The number of nitrogens with one attached hydrogen (secondary N) is 1. The Bertz CT molecular complexity index is 620. The molecule has 2 aliphatic rings. The standard InChI is InChI=1S/C17H20ClNO/c18-17-15(14-3-1-2-4-16(14)20-17)10-19-9-13-8-11-5-6-12(13)7-11/h1-4,11-13,19H,5-10H2. The van der Waals surface area contributed by atoms with Gasteiger partial charge in [0.25, 0.3) is 0 Å². The Morgan fingerprint density at radius 2 is 2.10 bits per heavy atom. The first kappa shape index (κ1) is 12.7. The van der Waals surface area contributed by atoms with Crippen LogP contribution in [0.5, 0.6) is 0 Å². The van der Waals surface area contributed by atoms with E-state index in [0.29, 0.717) is 5.22 Å². The predicted molar refractivity (Wildman–Crippen MR) is 81.9 cm³/mol. The highest BCUT2D eigenvalue weighted by Crippen LogP contribution is 2.48. The van der Waals surface area contributed by atoms with Gasteiger partial charge in [-0.05, 0) is 61.2 Å². The van der Waals surface area contributed by atoms with E-state index >= 15 is 0 Å². The fourth-order valence-electron chi connectivity index (χ4n) is 4.24. The minimum Gasteiger partial charge on any atom is -0.444 e. The quantitative estimate of drug-likeness (QED) is 0.889. The summed E-state index contributed by atoms with van der Waals surface area (Å²) in [6.45, 7) is 1.93. The molecule has 2 nitrogen and oxygen atoms in total. The van der Waals surface area contributed by atoms with Crippen LogP contribution in [-0.4, -0.2) is 6.54 Å². The first-order valence-corrected chi connectivity index (χ1v) is 8.05. The van der Waals surface area contributed by atoms with Crippen LogP contribution in [0.1, 0.15) is 31.2 Å². The Morgan fingerprint density at radius 3 is 2.90 bits per heavy atom. The molecular weight excluding hydrogens is 270 g/mol. The van der Waals surface area contributed by atoms with Crippen molar-refractivity contribution in [3.8, 4) is 0 Å². The lowest BCUT2D eigenvalue weighted by Gasteiger charge is -2.21. The number of hydrogen-bond acceptors (Lipinski definition) is 2. The van der Waals surface area contributed by atoms with E-state index in [1.165, 1.54) is 25.7 Å². The Hall–Kier alpha value is -0.990. The molecule has 4 rings (SSSR count). The molecule has 1 aromatic heterocycles. The Labute approximate surface area is 124 Å². The number of halogens is 1. The van der Waals surface area contributed by atoms with Crippen molar-refractivity contribution in [3.05, 3.63) is 35.0 Å². The Balaban J connectivity index is 1.42. The summed E-state index contributed by atoms with van der Waals surface area (Å²) in [4.78, 5) is 0. The third-order valence-corrected chi connectivity index (χ3v) is 5.55. The van der Waals surface area contributed by atoms with Crippen LogP contribution < -0.4 is 5.32 Å². The summed E-state index contributed by atoms with van der Waals surface area (Å²) >= 11 is 6.22. The van der Waals surface area contributed by atoms with Crippen molar-refractivity contribution in [1.82, 2.24) is 5.32 Å². The van der Waals surface area contributed by atoms with Gasteiger partial charge in [-0.2, -0.15) is 0 Å². The summed E-state index contributed by atoms with van der Waals surface area (Å²) in [5.74, 6) is 2.87. The van der Waals surface area contributed by atoms with Crippen LogP contribution >= 0.6 is 11.6 Å². The molecule has 0 radical (unpaired) electrons. The van der Waals surface area contributed by atoms with Crippen molar-refractivity contribution in [2.45, 2.75) is 32.2 Å². The molecule has 2 aromatic rings. The highest BCUT2D eigenvalue weighted by atomic mass is 35.5. The monoisotopic (exact) mass is 289 g/mol. The highest BCUT2D eigenvalue weighted by Gasteiger charge is 2.38. The molecular formula is C17H20ClNO. The van der Waals surface area contributed by atoms with Crippen molar-refractivity contribution in [2.75, 3.05) is 6.54 Å². The summed E-state index contributed by atoms with van der Waals surface area (Å²) in [7, 11) is 0. The van der Waals surface area contributed by atoms with Crippen molar-refractivity contribution in [3.63, 3.8) is 0 Å². The average Bonchev–Trinajstić information content (AvgIpc) is 3.13. The van der Waals surface area contributed by atoms with Gasteiger partial charge in [0, 0.05) is 17.5 Å². The van der Waals surface area contributed by atoms with Gasteiger partial charge in [0.15, 0.2) is 5.22 Å². The van der Waals surface area contributed by atoms with Gasteiger partial charge in [-0.15, -0.1) is 0 Å². The van der Waals surface area contributed by atoms with Crippen LogP contribution in [0.2, 0.25) is 5.22 Å². The molecule has 2 aliphatic carbocycles. The van der Waals surface area contributed by atoms with E-state index in [1.54, 1.807) is 0 Å². The maximum atomic E-state index is 6.22. The van der Waals surface area contributed by atoms with Crippen molar-refractivity contribution >= 4 is 22.6 Å². The molecule has 0 saturated heterocycles.